The number of rotatable bonds is 5. The zero-order valence-corrected chi connectivity index (χ0v) is 11.9. The van der Waals surface area contributed by atoms with Crippen molar-refractivity contribution in [1.29, 1.82) is 0 Å². The van der Waals surface area contributed by atoms with E-state index in [0.717, 1.165) is 5.56 Å². The van der Waals surface area contributed by atoms with Gasteiger partial charge in [0.25, 0.3) is 0 Å². The second-order valence-electron chi connectivity index (χ2n) is 4.36. The highest BCUT2D eigenvalue weighted by Crippen LogP contribution is 2.05. The van der Waals surface area contributed by atoms with E-state index in [0.29, 0.717) is 24.8 Å². The van der Waals surface area contributed by atoms with Gasteiger partial charge in [-0.25, -0.2) is 4.79 Å². The Morgan fingerprint density at radius 1 is 1.27 bits per heavy atom. The van der Waals surface area contributed by atoms with E-state index in [1.807, 2.05) is 30.3 Å². The predicted molar refractivity (Wildman–Crippen MR) is 80.2 cm³/mol. The van der Waals surface area contributed by atoms with Crippen molar-refractivity contribution in [1.82, 2.24) is 5.32 Å². The number of carbonyl (C=O) groups is 2. The molecule has 1 amide bonds. The van der Waals surface area contributed by atoms with Gasteiger partial charge in [-0.1, -0.05) is 42.2 Å². The minimum Gasteiger partial charge on any atom is -0.460 e. The van der Waals surface area contributed by atoms with Gasteiger partial charge in [-0.05, 0) is 11.6 Å². The van der Waals surface area contributed by atoms with Crippen molar-refractivity contribution in [3.63, 3.8) is 0 Å². The summed E-state index contributed by atoms with van der Waals surface area (Å²) in [7, 11) is 0. The van der Waals surface area contributed by atoms with Crippen molar-refractivity contribution in [3.05, 3.63) is 59.5 Å². The Kier molecular flexibility index (Phi) is 5.82. The third-order valence-corrected chi connectivity index (χ3v) is 2.76. The lowest BCUT2D eigenvalue weighted by Gasteiger charge is -2.05. The molecular weight excluding hydrogens is 282 g/mol. The molecule has 0 atom stereocenters. The molecule has 1 N–H and O–H groups in total. The van der Waals surface area contributed by atoms with Crippen LogP contribution in [0.1, 0.15) is 28.1 Å². The number of amides is 1. The number of hydrogen-bond donors (Lipinski definition) is 1. The molecule has 0 saturated carbocycles. The number of hydrogen-bond acceptors (Lipinski definition) is 4. The number of nitrogens with one attached hydrogen (secondary N) is 1. The Labute approximate surface area is 128 Å². The maximum absolute atomic E-state index is 11.5. The second kappa shape index (κ2) is 8.32. The van der Waals surface area contributed by atoms with Crippen molar-refractivity contribution in [2.45, 2.75) is 13.0 Å². The van der Waals surface area contributed by atoms with Crippen molar-refractivity contribution in [2.24, 2.45) is 0 Å². The number of alkyl carbamates (subject to hydrolysis) is 1. The fraction of sp³-hybridized carbons (Fsp3) is 0.176. The predicted octanol–water partition coefficient (Wildman–Crippen LogP) is 2.76. The van der Waals surface area contributed by atoms with Gasteiger partial charge in [0, 0.05) is 13.0 Å². The van der Waals surface area contributed by atoms with Crippen LogP contribution in [0.3, 0.4) is 0 Å². The minimum atomic E-state index is -0.484. The zero-order valence-electron chi connectivity index (χ0n) is 11.9. The van der Waals surface area contributed by atoms with E-state index in [1.54, 1.807) is 6.07 Å². The van der Waals surface area contributed by atoms with Crippen LogP contribution < -0.4 is 5.32 Å². The van der Waals surface area contributed by atoms with E-state index in [2.05, 4.69) is 17.2 Å². The summed E-state index contributed by atoms with van der Waals surface area (Å²) in [4.78, 5) is 22.1. The summed E-state index contributed by atoms with van der Waals surface area (Å²) in [5.74, 6) is 5.87. The molecule has 0 fully saturated rings. The van der Waals surface area contributed by atoms with E-state index in [9.17, 15) is 9.59 Å². The summed E-state index contributed by atoms with van der Waals surface area (Å²) in [5, 5.41) is 2.60. The molecule has 0 radical (unpaired) electrons. The average molecular weight is 297 g/mol. The highest BCUT2D eigenvalue weighted by molar-refractivity contribution is 5.75. The lowest BCUT2D eigenvalue weighted by atomic mass is 10.2. The summed E-state index contributed by atoms with van der Waals surface area (Å²) in [6.07, 6.45) is 1.99. The number of carbonyl (C=O) groups excluding carboxylic acids is 2. The van der Waals surface area contributed by atoms with Crippen molar-refractivity contribution >= 4 is 12.4 Å². The summed E-state index contributed by atoms with van der Waals surface area (Å²) in [5.41, 5.74) is 1.47. The topological polar surface area (TPSA) is 68.5 Å². The molecule has 0 saturated heterocycles. The van der Waals surface area contributed by atoms with Crippen LogP contribution >= 0.6 is 0 Å². The molecule has 0 aliphatic carbocycles. The first-order chi connectivity index (χ1) is 10.8. The lowest BCUT2D eigenvalue weighted by Crippen LogP contribution is -2.24. The largest absolute Gasteiger partial charge is 0.460 e. The molecule has 2 rings (SSSR count). The molecule has 0 aliphatic heterocycles. The van der Waals surface area contributed by atoms with Crippen molar-refractivity contribution in [3.8, 4) is 11.8 Å². The third-order valence-electron chi connectivity index (χ3n) is 2.76. The van der Waals surface area contributed by atoms with Gasteiger partial charge in [0.2, 0.25) is 0 Å². The smallest absolute Gasteiger partial charge is 0.407 e. The van der Waals surface area contributed by atoms with Crippen molar-refractivity contribution in [2.75, 3.05) is 6.54 Å². The van der Waals surface area contributed by atoms with Gasteiger partial charge in [0.1, 0.15) is 6.61 Å². The molecule has 1 heterocycles. The van der Waals surface area contributed by atoms with Crippen LogP contribution in [0.25, 0.3) is 0 Å². The molecule has 5 heteroatoms. The number of benzene rings is 1. The fourth-order valence-electron chi connectivity index (χ4n) is 1.67. The van der Waals surface area contributed by atoms with Gasteiger partial charge < -0.3 is 14.5 Å². The molecule has 112 valence electrons. The van der Waals surface area contributed by atoms with Crippen LogP contribution in [0.15, 0.2) is 47.1 Å². The summed E-state index contributed by atoms with van der Waals surface area (Å²) in [6.45, 7) is 0.602. The maximum atomic E-state index is 11.5. The van der Waals surface area contributed by atoms with E-state index in [-0.39, 0.29) is 12.4 Å². The Morgan fingerprint density at radius 2 is 2.09 bits per heavy atom. The van der Waals surface area contributed by atoms with E-state index >= 15 is 0 Å². The normalized spacial score (nSPS) is 9.45. The van der Waals surface area contributed by atoms with Gasteiger partial charge in [0.05, 0.1) is 11.8 Å². The van der Waals surface area contributed by atoms with Crippen LogP contribution in [0.4, 0.5) is 4.79 Å². The maximum Gasteiger partial charge on any atom is 0.407 e. The molecule has 0 bridgehead atoms. The van der Waals surface area contributed by atoms with Gasteiger partial charge in [0.15, 0.2) is 12.0 Å². The fourth-order valence-corrected chi connectivity index (χ4v) is 1.67. The number of ether oxygens (including phenoxy) is 1. The highest BCUT2D eigenvalue weighted by Gasteiger charge is 2.02. The molecule has 0 aliphatic rings. The molecular formula is C17H15NO4. The summed E-state index contributed by atoms with van der Waals surface area (Å²) < 4.78 is 9.98. The minimum absolute atomic E-state index is 0.211. The van der Waals surface area contributed by atoms with E-state index in [1.165, 1.54) is 6.26 Å². The molecule has 2 aromatic rings. The molecule has 0 unspecified atom stereocenters. The van der Waals surface area contributed by atoms with Crippen LogP contribution in [-0.2, 0) is 11.3 Å². The summed E-state index contributed by atoms with van der Waals surface area (Å²) in [6, 6.07) is 11.1. The molecule has 22 heavy (non-hydrogen) atoms. The van der Waals surface area contributed by atoms with Crippen LogP contribution in [0, 0.1) is 11.8 Å². The Morgan fingerprint density at radius 3 is 2.86 bits per heavy atom. The van der Waals surface area contributed by atoms with E-state index in [4.69, 9.17) is 9.15 Å². The zero-order chi connectivity index (χ0) is 15.6. The molecule has 5 nitrogen and oxygen atoms in total. The quantitative estimate of drug-likeness (QED) is 0.523. The van der Waals surface area contributed by atoms with Gasteiger partial charge >= 0.3 is 6.09 Å². The van der Waals surface area contributed by atoms with E-state index < -0.39 is 6.09 Å². The van der Waals surface area contributed by atoms with Gasteiger partial charge in [-0.3, -0.25) is 4.79 Å². The van der Waals surface area contributed by atoms with Gasteiger partial charge in [-0.15, -0.1) is 0 Å². The van der Waals surface area contributed by atoms with Crippen LogP contribution in [0.2, 0.25) is 0 Å². The van der Waals surface area contributed by atoms with Gasteiger partial charge in [-0.2, -0.15) is 0 Å². The second-order valence-corrected chi connectivity index (χ2v) is 4.36. The van der Waals surface area contributed by atoms with Crippen LogP contribution in [0.5, 0.6) is 0 Å². The Bertz CT molecular complexity index is 679. The first-order valence-electron chi connectivity index (χ1n) is 6.75. The Balaban J connectivity index is 1.66. The SMILES string of the molecule is O=Cc1occc1C#CCCNC(=O)OCc1ccccc1. The number of furan rings is 1. The Hall–Kier alpha value is -3.00. The molecule has 1 aromatic carbocycles. The number of aldehydes is 1. The third kappa shape index (κ3) is 4.84. The average Bonchev–Trinajstić information content (AvgIpc) is 3.01. The standard InChI is InChI=1S/C17H15NO4/c19-12-16-15(9-11-21-16)8-4-5-10-18-17(20)22-13-14-6-2-1-3-7-14/h1-3,6-7,9,11-12H,5,10,13H2,(H,18,20). The monoisotopic (exact) mass is 297 g/mol. The molecule has 1 aromatic heterocycles. The van der Waals surface area contributed by atoms with Crippen LogP contribution in [-0.4, -0.2) is 18.9 Å². The van der Waals surface area contributed by atoms with Crippen molar-refractivity contribution < 1.29 is 18.7 Å². The highest BCUT2D eigenvalue weighted by atomic mass is 16.5. The molecule has 0 spiro atoms. The summed E-state index contributed by atoms with van der Waals surface area (Å²) >= 11 is 0. The first-order valence-corrected chi connectivity index (χ1v) is 6.75. The first kappa shape index (κ1) is 15.4. The lowest BCUT2D eigenvalue weighted by molar-refractivity contribution is 0.110.